The zero-order chi connectivity index (χ0) is 18.4. The van der Waals surface area contributed by atoms with E-state index in [2.05, 4.69) is 30.2 Å². The largest absolute Gasteiger partial charge is 0.390 e. The Morgan fingerprint density at radius 1 is 1.22 bits per heavy atom. The molecule has 0 amide bonds. The molecule has 0 radical (unpaired) electrons. The second kappa shape index (κ2) is 6.02. The summed E-state index contributed by atoms with van der Waals surface area (Å²) in [6.45, 7) is 1.90. The number of aliphatic hydroxyl groups is 1. The number of H-pyrrole nitrogens is 1. The van der Waals surface area contributed by atoms with E-state index < -0.39 is 5.60 Å². The Labute approximate surface area is 155 Å². The third-order valence-electron chi connectivity index (χ3n) is 5.38. The minimum absolute atomic E-state index is 0.296. The van der Waals surface area contributed by atoms with Crippen molar-refractivity contribution in [2.45, 2.75) is 44.2 Å². The Bertz CT molecular complexity index is 1100. The fourth-order valence-electron chi connectivity index (χ4n) is 3.74. The summed E-state index contributed by atoms with van der Waals surface area (Å²) in [4.78, 5) is 20.9. The molecule has 0 unspecified atom stereocenters. The van der Waals surface area contributed by atoms with E-state index in [-0.39, 0.29) is 0 Å². The second-order valence-corrected chi connectivity index (χ2v) is 7.55. The number of fused-ring (bicyclic) bond motifs is 2. The van der Waals surface area contributed by atoms with Gasteiger partial charge >= 0.3 is 0 Å². The summed E-state index contributed by atoms with van der Waals surface area (Å²) in [6, 6.07) is 0.296. The molecule has 8 heteroatoms. The summed E-state index contributed by atoms with van der Waals surface area (Å²) in [5, 5.41) is 14.4. The highest BCUT2D eigenvalue weighted by molar-refractivity contribution is 5.93. The lowest BCUT2D eigenvalue weighted by Crippen LogP contribution is -2.36. The quantitative estimate of drug-likeness (QED) is 0.517. The average Bonchev–Trinajstić information content (AvgIpc) is 3.29. The molecule has 4 aromatic rings. The Morgan fingerprint density at radius 3 is 2.93 bits per heavy atom. The van der Waals surface area contributed by atoms with Crippen LogP contribution in [0.5, 0.6) is 0 Å². The number of anilines is 1. The van der Waals surface area contributed by atoms with E-state index in [1.165, 1.54) is 0 Å². The van der Waals surface area contributed by atoms with Crippen LogP contribution in [0, 0.1) is 0 Å². The monoisotopic (exact) mass is 363 g/mol. The zero-order valence-corrected chi connectivity index (χ0v) is 15.1. The maximum absolute atomic E-state index is 10.1. The molecule has 0 bridgehead atoms. The van der Waals surface area contributed by atoms with Crippen molar-refractivity contribution in [3.63, 3.8) is 0 Å². The molecule has 1 saturated carbocycles. The number of nitrogens with zero attached hydrogens (tertiary/aromatic N) is 5. The summed E-state index contributed by atoms with van der Waals surface area (Å²) in [5.74, 6) is 1.29. The smallest absolute Gasteiger partial charge is 0.233 e. The maximum Gasteiger partial charge on any atom is 0.233 e. The van der Waals surface area contributed by atoms with Crippen molar-refractivity contribution in [1.82, 2.24) is 29.3 Å². The van der Waals surface area contributed by atoms with Gasteiger partial charge in [-0.2, -0.15) is 4.98 Å². The molecule has 1 aliphatic carbocycles. The molecule has 1 fully saturated rings. The predicted molar refractivity (Wildman–Crippen MR) is 102 cm³/mol. The van der Waals surface area contributed by atoms with Gasteiger partial charge in [-0.15, -0.1) is 0 Å². The third kappa shape index (κ3) is 3.02. The van der Waals surface area contributed by atoms with E-state index in [1.54, 1.807) is 6.20 Å². The molecule has 5 rings (SSSR count). The lowest BCUT2D eigenvalue weighted by atomic mass is 9.84. The normalized spacial score (nSPS) is 23.1. The van der Waals surface area contributed by atoms with Crippen LogP contribution in [0.4, 0.5) is 5.95 Å². The lowest BCUT2D eigenvalue weighted by Gasteiger charge is -2.33. The van der Waals surface area contributed by atoms with Crippen LogP contribution in [0.3, 0.4) is 0 Å². The Balaban J connectivity index is 1.41. The summed E-state index contributed by atoms with van der Waals surface area (Å²) in [5.41, 5.74) is 2.23. The highest BCUT2D eigenvalue weighted by Gasteiger charge is 2.28. The van der Waals surface area contributed by atoms with Gasteiger partial charge in [-0.05, 0) is 32.6 Å². The molecule has 0 spiro atoms. The first-order valence-corrected chi connectivity index (χ1v) is 9.20. The molecule has 4 aromatic heterocycles. The number of hydrogen-bond acceptors (Lipinski definition) is 6. The van der Waals surface area contributed by atoms with Gasteiger partial charge in [-0.1, -0.05) is 0 Å². The number of aromatic amines is 1. The van der Waals surface area contributed by atoms with Gasteiger partial charge in [0.2, 0.25) is 11.7 Å². The Morgan fingerprint density at radius 2 is 2.07 bits per heavy atom. The van der Waals surface area contributed by atoms with Gasteiger partial charge in [0.25, 0.3) is 0 Å². The zero-order valence-electron chi connectivity index (χ0n) is 15.1. The molecule has 0 saturated heterocycles. The van der Waals surface area contributed by atoms with Crippen LogP contribution in [0.2, 0.25) is 0 Å². The van der Waals surface area contributed by atoms with Crippen LogP contribution in [0.1, 0.15) is 32.6 Å². The molecular weight excluding hydrogens is 342 g/mol. The van der Waals surface area contributed by atoms with Crippen LogP contribution < -0.4 is 5.32 Å². The fourth-order valence-corrected chi connectivity index (χ4v) is 3.74. The fraction of sp³-hybridized carbons (Fsp3) is 0.368. The average molecular weight is 363 g/mol. The van der Waals surface area contributed by atoms with Crippen molar-refractivity contribution in [3.05, 3.63) is 37.2 Å². The van der Waals surface area contributed by atoms with Crippen molar-refractivity contribution >= 4 is 22.8 Å². The number of hydrogen-bond donors (Lipinski definition) is 3. The first-order chi connectivity index (χ1) is 13.1. The van der Waals surface area contributed by atoms with Crippen LogP contribution in [-0.2, 0) is 0 Å². The predicted octanol–water partition coefficient (Wildman–Crippen LogP) is 2.77. The molecule has 27 heavy (non-hydrogen) atoms. The van der Waals surface area contributed by atoms with Crippen molar-refractivity contribution < 1.29 is 5.11 Å². The minimum atomic E-state index is -0.540. The highest BCUT2D eigenvalue weighted by Crippen LogP contribution is 2.30. The molecule has 0 aliphatic heterocycles. The van der Waals surface area contributed by atoms with Gasteiger partial charge < -0.3 is 15.4 Å². The molecule has 3 N–H and O–H groups in total. The number of imidazole rings is 1. The van der Waals surface area contributed by atoms with Crippen LogP contribution in [-0.4, -0.2) is 46.1 Å². The molecular formula is C19H21N7O. The van der Waals surface area contributed by atoms with Crippen LogP contribution >= 0.6 is 0 Å². The van der Waals surface area contributed by atoms with Crippen LogP contribution in [0.15, 0.2) is 37.2 Å². The van der Waals surface area contributed by atoms with E-state index in [9.17, 15) is 5.11 Å². The molecule has 138 valence electrons. The van der Waals surface area contributed by atoms with Crippen molar-refractivity contribution in [1.29, 1.82) is 0 Å². The van der Waals surface area contributed by atoms with E-state index in [0.717, 1.165) is 47.8 Å². The minimum Gasteiger partial charge on any atom is -0.390 e. The molecule has 8 nitrogen and oxygen atoms in total. The lowest BCUT2D eigenvalue weighted by molar-refractivity contribution is 0.0196. The highest BCUT2D eigenvalue weighted by atomic mass is 16.3. The van der Waals surface area contributed by atoms with E-state index in [4.69, 9.17) is 0 Å². The molecule has 0 aromatic carbocycles. The van der Waals surface area contributed by atoms with Gasteiger partial charge in [0.05, 0.1) is 5.60 Å². The standard InChI is InChI=1S/C19H21N7O/c1-19(27)4-2-13(3-5-19)24-17-22-10-15-14(9-21-16(15)25-17)12-8-23-18-20-6-7-26(18)11-12/h6-11,13,27H,2-5H2,1H3,(H2,21,22,24,25). The number of rotatable bonds is 3. The number of aromatic nitrogens is 6. The summed E-state index contributed by atoms with van der Waals surface area (Å²) in [7, 11) is 0. The Kier molecular flexibility index (Phi) is 3.61. The third-order valence-corrected chi connectivity index (χ3v) is 5.38. The second-order valence-electron chi connectivity index (χ2n) is 7.55. The van der Waals surface area contributed by atoms with Crippen LogP contribution in [0.25, 0.3) is 27.9 Å². The van der Waals surface area contributed by atoms with E-state index >= 15 is 0 Å². The summed E-state index contributed by atoms with van der Waals surface area (Å²) >= 11 is 0. The van der Waals surface area contributed by atoms with Gasteiger partial charge in [-0.25, -0.2) is 15.0 Å². The summed E-state index contributed by atoms with van der Waals surface area (Å²) < 4.78 is 1.89. The SMILES string of the molecule is CC1(O)CCC(Nc2ncc3c(-c4cnc5nccn5c4)c[nH]c3n2)CC1. The van der Waals surface area contributed by atoms with Gasteiger partial charge in [0.15, 0.2) is 0 Å². The molecule has 1 aliphatic rings. The number of nitrogens with one attached hydrogen (secondary N) is 2. The molecule has 4 heterocycles. The van der Waals surface area contributed by atoms with Crippen molar-refractivity contribution in [2.24, 2.45) is 0 Å². The van der Waals surface area contributed by atoms with E-state index in [1.807, 2.05) is 42.3 Å². The molecule has 0 atom stereocenters. The summed E-state index contributed by atoms with van der Waals surface area (Å²) in [6.07, 6.45) is 14.6. The maximum atomic E-state index is 10.1. The first kappa shape index (κ1) is 16.2. The Hall–Kier alpha value is -3.00. The van der Waals surface area contributed by atoms with Gasteiger partial charge in [0, 0.05) is 59.7 Å². The topological polar surface area (TPSA) is 104 Å². The first-order valence-electron chi connectivity index (χ1n) is 9.20. The van der Waals surface area contributed by atoms with Crippen molar-refractivity contribution in [3.8, 4) is 11.1 Å². The van der Waals surface area contributed by atoms with Gasteiger partial charge in [0.1, 0.15) is 5.65 Å². The van der Waals surface area contributed by atoms with Crippen molar-refractivity contribution in [2.75, 3.05) is 5.32 Å². The van der Waals surface area contributed by atoms with E-state index in [0.29, 0.717) is 17.8 Å². The van der Waals surface area contributed by atoms with Gasteiger partial charge in [-0.3, -0.25) is 4.40 Å².